The Hall–Kier alpha value is -0.610. The quantitative estimate of drug-likeness (QED) is 0.810. The summed E-state index contributed by atoms with van der Waals surface area (Å²) in [5, 5.41) is 3.16. The van der Waals surface area contributed by atoms with Gasteiger partial charge in [0.15, 0.2) is 0 Å². The average molecular weight is 281 g/mol. The summed E-state index contributed by atoms with van der Waals surface area (Å²) in [6.45, 7) is 5.13. The van der Waals surface area contributed by atoms with Gasteiger partial charge in [-0.2, -0.15) is 0 Å². The van der Waals surface area contributed by atoms with Crippen LogP contribution < -0.4 is 11.1 Å². The van der Waals surface area contributed by atoms with Gasteiger partial charge in [0, 0.05) is 24.5 Å². The molecule has 0 aromatic rings. The van der Waals surface area contributed by atoms with Crippen molar-refractivity contribution in [3.05, 3.63) is 0 Å². The average Bonchev–Trinajstić information content (AvgIpc) is 2.46. The second kappa shape index (κ2) is 7.41. The number of hydrogen-bond donors (Lipinski definition) is 2. The molecule has 2 fully saturated rings. The van der Waals surface area contributed by atoms with Gasteiger partial charge in [-0.15, -0.1) is 0 Å². The second-order valence-electron chi connectivity index (χ2n) is 6.79. The fraction of sp³-hybridized carbons (Fsp3) is 0.938. The molecule has 2 rings (SSSR count). The molecule has 1 unspecified atom stereocenters. The van der Waals surface area contributed by atoms with Gasteiger partial charge in [0.1, 0.15) is 0 Å². The summed E-state index contributed by atoms with van der Waals surface area (Å²) in [4.78, 5) is 14.6. The summed E-state index contributed by atoms with van der Waals surface area (Å²) in [7, 11) is 0. The lowest BCUT2D eigenvalue weighted by Crippen LogP contribution is -2.58. The van der Waals surface area contributed by atoms with Crippen LogP contribution >= 0.6 is 0 Å². The lowest BCUT2D eigenvalue weighted by atomic mass is 9.79. The number of hydrogen-bond acceptors (Lipinski definition) is 3. The summed E-state index contributed by atoms with van der Waals surface area (Å²) in [6, 6.07) is -0.0488. The molecule has 4 heteroatoms. The third-order valence-corrected chi connectivity index (χ3v) is 4.93. The van der Waals surface area contributed by atoms with Crippen LogP contribution in [0.1, 0.15) is 64.7 Å². The van der Waals surface area contributed by atoms with Crippen LogP contribution in [0, 0.1) is 0 Å². The lowest BCUT2D eigenvalue weighted by Gasteiger charge is -2.48. The molecule has 1 aliphatic heterocycles. The molecule has 116 valence electrons. The standard InChI is InChI=1S/C16H31N3O/c1-14(17)12-15(20)18-13-16(8-4-2-5-9-16)19-10-6-3-7-11-19/h14H,2-13,17H2,1H3,(H,18,20). The maximum absolute atomic E-state index is 11.9. The minimum atomic E-state index is -0.0488. The van der Waals surface area contributed by atoms with Crippen molar-refractivity contribution in [2.45, 2.75) is 76.3 Å². The molecule has 1 heterocycles. The predicted molar refractivity (Wildman–Crippen MR) is 82.5 cm³/mol. The first-order valence-corrected chi connectivity index (χ1v) is 8.40. The Labute approximate surface area is 123 Å². The van der Waals surface area contributed by atoms with Crippen LogP contribution in [0.3, 0.4) is 0 Å². The zero-order chi connectivity index (χ0) is 14.4. The molecule has 0 bridgehead atoms. The van der Waals surface area contributed by atoms with Crippen molar-refractivity contribution in [3.63, 3.8) is 0 Å². The van der Waals surface area contributed by atoms with Gasteiger partial charge >= 0.3 is 0 Å². The van der Waals surface area contributed by atoms with E-state index in [9.17, 15) is 4.79 Å². The molecule has 0 radical (unpaired) electrons. The smallest absolute Gasteiger partial charge is 0.221 e. The molecular weight excluding hydrogens is 250 g/mol. The van der Waals surface area contributed by atoms with Crippen LogP contribution in [0.4, 0.5) is 0 Å². The first-order chi connectivity index (χ1) is 9.62. The maximum atomic E-state index is 11.9. The van der Waals surface area contributed by atoms with Crippen molar-refractivity contribution in [1.29, 1.82) is 0 Å². The maximum Gasteiger partial charge on any atom is 0.221 e. The molecule has 0 aromatic carbocycles. The first-order valence-electron chi connectivity index (χ1n) is 8.40. The van der Waals surface area contributed by atoms with Crippen LogP contribution in [0.2, 0.25) is 0 Å². The van der Waals surface area contributed by atoms with Gasteiger partial charge in [0.25, 0.3) is 0 Å². The Balaban J connectivity index is 1.94. The summed E-state index contributed by atoms with van der Waals surface area (Å²) < 4.78 is 0. The Morgan fingerprint density at radius 2 is 1.75 bits per heavy atom. The third-order valence-electron chi connectivity index (χ3n) is 4.93. The molecule has 1 amide bonds. The Bertz CT molecular complexity index is 305. The Morgan fingerprint density at radius 3 is 2.35 bits per heavy atom. The van der Waals surface area contributed by atoms with Gasteiger partial charge in [-0.05, 0) is 45.7 Å². The van der Waals surface area contributed by atoms with E-state index in [4.69, 9.17) is 5.73 Å². The van der Waals surface area contributed by atoms with Crippen LogP contribution in [0.25, 0.3) is 0 Å². The van der Waals surface area contributed by atoms with Crippen molar-refractivity contribution >= 4 is 5.91 Å². The van der Waals surface area contributed by atoms with E-state index >= 15 is 0 Å². The fourth-order valence-corrected chi connectivity index (χ4v) is 3.81. The van der Waals surface area contributed by atoms with Crippen LogP contribution in [-0.4, -0.2) is 42.0 Å². The van der Waals surface area contributed by atoms with E-state index in [2.05, 4.69) is 10.2 Å². The largest absolute Gasteiger partial charge is 0.354 e. The number of piperidine rings is 1. The van der Waals surface area contributed by atoms with Crippen molar-refractivity contribution in [2.75, 3.05) is 19.6 Å². The van der Waals surface area contributed by atoms with Gasteiger partial charge < -0.3 is 11.1 Å². The number of nitrogens with one attached hydrogen (secondary N) is 1. The fourth-order valence-electron chi connectivity index (χ4n) is 3.81. The lowest BCUT2D eigenvalue weighted by molar-refractivity contribution is -0.122. The van der Waals surface area contributed by atoms with Crippen LogP contribution in [0.5, 0.6) is 0 Å². The van der Waals surface area contributed by atoms with E-state index in [1.54, 1.807) is 0 Å². The number of carbonyl (C=O) groups excluding carboxylic acids is 1. The molecule has 3 N–H and O–H groups in total. The van der Waals surface area contributed by atoms with Gasteiger partial charge in [0.2, 0.25) is 5.91 Å². The summed E-state index contributed by atoms with van der Waals surface area (Å²) in [5.74, 6) is 0.113. The van der Waals surface area contributed by atoms with Crippen LogP contribution in [-0.2, 0) is 4.79 Å². The van der Waals surface area contributed by atoms with Gasteiger partial charge in [0.05, 0.1) is 0 Å². The zero-order valence-corrected chi connectivity index (χ0v) is 13.0. The predicted octanol–water partition coefficient (Wildman–Crippen LogP) is 2.03. The van der Waals surface area contributed by atoms with E-state index in [0.29, 0.717) is 6.42 Å². The number of nitrogens with zero attached hydrogens (tertiary/aromatic N) is 1. The van der Waals surface area contributed by atoms with Gasteiger partial charge in [-0.1, -0.05) is 25.7 Å². The molecule has 20 heavy (non-hydrogen) atoms. The summed E-state index contributed by atoms with van der Waals surface area (Å²) >= 11 is 0. The third kappa shape index (κ3) is 4.19. The molecule has 0 spiro atoms. The number of amides is 1. The van der Waals surface area contributed by atoms with E-state index in [1.807, 2.05) is 6.92 Å². The molecule has 1 aliphatic carbocycles. The Morgan fingerprint density at radius 1 is 1.15 bits per heavy atom. The minimum Gasteiger partial charge on any atom is -0.354 e. The van der Waals surface area contributed by atoms with Gasteiger partial charge in [-0.25, -0.2) is 0 Å². The molecule has 0 aromatic heterocycles. The molecule has 1 saturated carbocycles. The highest BCUT2D eigenvalue weighted by atomic mass is 16.1. The number of nitrogens with two attached hydrogens (primary N) is 1. The number of carbonyl (C=O) groups is 1. The highest BCUT2D eigenvalue weighted by Crippen LogP contribution is 2.35. The summed E-state index contributed by atoms with van der Waals surface area (Å²) in [6.07, 6.45) is 10.9. The molecular formula is C16H31N3O. The van der Waals surface area contributed by atoms with Crippen LogP contribution in [0.15, 0.2) is 0 Å². The monoisotopic (exact) mass is 281 g/mol. The van der Waals surface area contributed by atoms with Crippen molar-refractivity contribution in [1.82, 2.24) is 10.2 Å². The topological polar surface area (TPSA) is 58.4 Å². The van der Waals surface area contributed by atoms with E-state index in [-0.39, 0.29) is 17.5 Å². The van der Waals surface area contributed by atoms with Crippen molar-refractivity contribution < 1.29 is 4.79 Å². The van der Waals surface area contributed by atoms with Gasteiger partial charge in [-0.3, -0.25) is 9.69 Å². The number of likely N-dealkylation sites (tertiary alicyclic amines) is 1. The normalized spacial score (nSPS) is 25.1. The molecule has 4 nitrogen and oxygen atoms in total. The molecule has 1 saturated heterocycles. The SMILES string of the molecule is CC(N)CC(=O)NCC1(N2CCCCC2)CCCCC1. The first kappa shape index (κ1) is 15.8. The van der Waals surface area contributed by atoms with E-state index in [0.717, 1.165) is 6.54 Å². The summed E-state index contributed by atoms with van der Waals surface area (Å²) in [5.41, 5.74) is 5.93. The second-order valence-corrected chi connectivity index (χ2v) is 6.79. The molecule has 1 atom stereocenters. The van der Waals surface area contributed by atoms with E-state index in [1.165, 1.54) is 64.5 Å². The minimum absolute atomic E-state index is 0.0488. The highest BCUT2D eigenvalue weighted by molar-refractivity contribution is 5.76. The highest BCUT2D eigenvalue weighted by Gasteiger charge is 2.38. The Kier molecular flexibility index (Phi) is 5.85. The van der Waals surface area contributed by atoms with E-state index < -0.39 is 0 Å². The van der Waals surface area contributed by atoms with Crippen molar-refractivity contribution in [3.8, 4) is 0 Å². The van der Waals surface area contributed by atoms with Crippen molar-refractivity contribution in [2.24, 2.45) is 5.73 Å². The zero-order valence-electron chi connectivity index (χ0n) is 13.0. The number of rotatable bonds is 5. The molecule has 2 aliphatic rings.